The molecule has 20 heavy (non-hydrogen) atoms. The lowest BCUT2D eigenvalue weighted by Crippen LogP contribution is -2.42. The van der Waals surface area contributed by atoms with Crippen LogP contribution in [0, 0.1) is 0 Å². The Morgan fingerprint density at radius 3 is 2.70 bits per heavy atom. The molecule has 1 atom stereocenters. The van der Waals surface area contributed by atoms with Gasteiger partial charge in [0.1, 0.15) is 11.8 Å². The van der Waals surface area contributed by atoms with Gasteiger partial charge in [0, 0.05) is 5.02 Å². The van der Waals surface area contributed by atoms with Gasteiger partial charge >= 0.3 is 12.0 Å². The van der Waals surface area contributed by atoms with Gasteiger partial charge in [0.2, 0.25) is 0 Å². The van der Waals surface area contributed by atoms with Crippen LogP contribution < -0.4 is 15.4 Å². The Balaban J connectivity index is 2.75. The lowest BCUT2D eigenvalue weighted by Gasteiger charge is -2.15. The number of carbonyl (C=O) groups is 2. The molecular formula is C13H17ClN2O4. The van der Waals surface area contributed by atoms with E-state index in [2.05, 4.69) is 10.6 Å². The summed E-state index contributed by atoms with van der Waals surface area (Å²) in [6, 6.07) is 3.21. The topological polar surface area (TPSA) is 87.7 Å². The van der Waals surface area contributed by atoms with Crippen LogP contribution in [0.2, 0.25) is 5.02 Å². The lowest BCUT2D eigenvalue weighted by molar-refractivity contribution is -0.139. The number of amides is 2. The molecule has 0 heterocycles. The molecule has 0 aliphatic carbocycles. The summed E-state index contributed by atoms with van der Waals surface area (Å²) in [5.74, 6) is -0.632. The van der Waals surface area contributed by atoms with Crippen molar-refractivity contribution in [3.63, 3.8) is 0 Å². The number of aliphatic carboxylic acids is 1. The van der Waals surface area contributed by atoms with Crippen LogP contribution in [0.15, 0.2) is 18.2 Å². The highest BCUT2D eigenvalue weighted by Crippen LogP contribution is 2.27. The van der Waals surface area contributed by atoms with Crippen LogP contribution in [0.25, 0.3) is 0 Å². The van der Waals surface area contributed by atoms with Crippen molar-refractivity contribution in [3.8, 4) is 5.75 Å². The maximum atomic E-state index is 11.8. The van der Waals surface area contributed by atoms with Gasteiger partial charge in [-0.3, -0.25) is 0 Å². The first kappa shape index (κ1) is 16.1. The molecule has 0 aliphatic rings. The number of benzene rings is 1. The molecule has 110 valence electrons. The van der Waals surface area contributed by atoms with Gasteiger partial charge in [-0.05, 0) is 24.6 Å². The number of rotatable bonds is 6. The van der Waals surface area contributed by atoms with E-state index in [1.165, 1.54) is 13.2 Å². The van der Waals surface area contributed by atoms with Crippen molar-refractivity contribution >= 4 is 29.3 Å². The summed E-state index contributed by atoms with van der Waals surface area (Å²) in [6.45, 7) is 1.84. The van der Waals surface area contributed by atoms with E-state index in [1.807, 2.05) is 6.92 Å². The van der Waals surface area contributed by atoms with Crippen LogP contribution in [-0.2, 0) is 4.79 Å². The fourth-order valence-electron chi connectivity index (χ4n) is 1.64. The molecule has 0 saturated heterocycles. The van der Waals surface area contributed by atoms with Gasteiger partial charge in [0.15, 0.2) is 0 Å². The van der Waals surface area contributed by atoms with E-state index in [-0.39, 0.29) is 0 Å². The third-order valence-corrected chi connectivity index (χ3v) is 2.83. The molecule has 3 N–H and O–H groups in total. The number of nitrogens with one attached hydrogen (secondary N) is 2. The Bertz CT molecular complexity index is 493. The van der Waals surface area contributed by atoms with Gasteiger partial charge in [0.25, 0.3) is 0 Å². The fourth-order valence-corrected chi connectivity index (χ4v) is 1.81. The van der Waals surface area contributed by atoms with E-state index in [0.717, 1.165) is 0 Å². The van der Waals surface area contributed by atoms with Crippen LogP contribution in [0.4, 0.5) is 10.5 Å². The van der Waals surface area contributed by atoms with Gasteiger partial charge < -0.3 is 20.5 Å². The molecule has 0 aliphatic heterocycles. The van der Waals surface area contributed by atoms with Crippen molar-refractivity contribution in [2.24, 2.45) is 0 Å². The molecule has 2 amide bonds. The quantitative estimate of drug-likeness (QED) is 0.754. The zero-order chi connectivity index (χ0) is 15.1. The van der Waals surface area contributed by atoms with E-state index >= 15 is 0 Å². The first-order valence-electron chi connectivity index (χ1n) is 6.11. The lowest BCUT2D eigenvalue weighted by atomic mass is 10.2. The maximum Gasteiger partial charge on any atom is 0.326 e. The SMILES string of the molecule is CCC[C@@H](NC(=O)Nc1cc(Cl)ccc1OC)C(=O)O. The number of hydrogen-bond acceptors (Lipinski definition) is 3. The minimum atomic E-state index is -1.07. The summed E-state index contributed by atoms with van der Waals surface area (Å²) in [5.41, 5.74) is 0.373. The zero-order valence-electron chi connectivity index (χ0n) is 11.3. The number of carboxylic acids is 1. The third-order valence-electron chi connectivity index (χ3n) is 2.59. The Kier molecular flexibility index (Phi) is 6.11. The smallest absolute Gasteiger partial charge is 0.326 e. The van der Waals surface area contributed by atoms with Crippen molar-refractivity contribution < 1.29 is 19.4 Å². The molecule has 0 fully saturated rings. The number of methoxy groups -OCH3 is 1. The van der Waals surface area contributed by atoms with Crippen molar-refractivity contribution in [3.05, 3.63) is 23.2 Å². The molecule has 0 aromatic heterocycles. The van der Waals surface area contributed by atoms with Crippen molar-refractivity contribution in [2.45, 2.75) is 25.8 Å². The predicted octanol–water partition coefficient (Wildman–Crippen LogP) is 2.72. The van der Waals surface area contributed by atoms with E-state index in [0.29, 0.717) is 29.3 Å². The van der Waals surface area contributed by atoms with E-state index in [9.17, 15) is 9.59 Å². The number of halogens is 1. The molecule has 1 rings (SSSR count). The largest absolute Gasteiger partial charge is 0.495 e. The minimum absolute atomic E-state index is 0.357. The highest BCUT2D eigenvalue weighted by atomic mass is 35.5. The Hall–Kier alpha value is -1.95. The minimum Gasteiger partial charge on any atom is -0.495 e. The van der Waals surface area contributed by atoms with E-state index in [4.69, 9.17) is 21.4 Å². The molecule has 0 unspecified atom stereocenters. The molecule has 0 saturated carbocycles. The van der Waals surface area contributed by atoms with E-state index < -0.39 is 18.0 Å². The number of urea groups is 1. The standard InChI is InChI=1S/C13H17ClN2O4/c1-3-4-9(12(17)18)15-13(19)16-10-7-8(14)5-6-11(10)20-2/h5-7,9H,3-4H2,1-2H3,(H,17,18)(H2,15,16,19)/t9-/m1/s1. The number of hydrogen-bond donors (Lipinski definition) is 3. The fraction of sp³-hybridized carbons (Fsp3) is 0.385. The zero-order valence-corrected chi connectivity index (χ0v) is 12.0. The maximum absolute atomic E-state index is 11.8. The summed E-state index contributed by atoms with van der Waals surface area (Å²) < 4.78 is 5.08. The molecule has 0 radical (unpaired) electrons. The monoisotopic (exact) mass is 300 g/mol. The molecule has 1 aromatic rings. The van der Waals surface area contributed by atoms with Crippen LogP contribution in [0.5, 0.6) is 5.75 Å². The third kappa shape index (κ3) is 4.62. The second-order valence-corrected chi connectivity index (χ2v) is 4.56. The Labute approximate surface area is 122 Å². The Morgan fingerprint density at radius 2 is 2.15 bits per heavy atom. The molecule has 0 bridgehead atoms. The van der Waals surface area contributed by atoms with Gasteiger partial charge in [0.05, 0.1) is 12.8 Å². The normalized spacial score (nSPS) is 11.6. The second-order valence-electron chi connectivity index (χ2n) is 4.12. The Morgan fingerprint density at radius 1 is 1.45 bits per heavy atom. The average molecular weight is 301 g/mol. The van der Waals surface area contributed by atoms with Crippen molar-refractivity contribution in [2.75, 3.05) is 12.4 Å². The molecule has 7 heteroatoms. The number of carbonyl (C=O) groups excluding carboxylic acids is 1. The van der Waals surface area contributed by atoms with E-state index in [1.54, 1.807) is 12.1 Å². The number of ether oxygens (including phenoxy) is 1. The highest BCUT2D eigenvalue weighted by molar-refractivity contribution is 6.31. The van der Waals surface area contributed by atoms with Crippen LogP contribution in [-0.4, -0.2) is 30.3 Å². The first-order valence-corrected chi connectivity index (χ1v) is 6.49. The van der Waals surface area contributed by atoms with Crippen LogP contribution >= 0.6 is 11.6 Å². The highest BCUT2D eigenvalue weighted by Gasteiger charge is 2.19. The molecule has 6 nitrogen and oxygen atoms in total. The summed E-state index contributed by atoms with van der Waals surface area (Å²) in [5, 5.41) is 14.3. The van der Waals surface area contributed by atoms with Crippen molar-refractivity contribution in [1.29, 1.82) is 0 Å². The van der Waals surface area contributed by atoms with Crippen molar-refractivity contribution in [1.82, 2.24) is 5.32 Å². The summed E-state index contributed by atoms with van der Waals surface area (Å²) >= 11 is 5.84. The summed E-state index contributed by atoms with van der Waals surface area (Å²) in [7, 11) is 1.46. The van der Waals surface area contributed by atoms with Crippen LogP contribution in [0.3, 0.4) is 0 Å². The second kappa shape index (κ2) is 7.59. The van der Waals surface area contributed by atoms with Crippen LogP contribution in [0.1, 0.15) is 19.8 Å². The molecular weight excluding hydrogens is 284 g/mol. The molecule has 1 aromatic carbocycles. The predicted molar refractivity (Wildman–Crippen MR) is 76.5 cm³/mol. The first-order chi connectivity index (χ1) is 9.47. The summed E-state index contributed by atoms with van der Waals surface area (Å²) in [6.07, 6.45) is 1.01. The number of anilines is 1. The van der Waals surface area contributed by atoms with Gasteiger partial charge in [-0.2, -0.15) is 0 Å². The van der Waals surface area contributed by atoms with Gasteiger partial charge in [-0.25, -0.2) is 9.59 Å². The van der Waals surface area contributed by atoms with Gasteiger partial charge in [-0.1, -0.05) is 24.9 Å². The van der Waals surface area contributed by atoms with Gasteiger partial charge in [-0.15, -0.1) is 0 Å². The number of carboxylic acid groups (broad SMARTS) is 1. The summed E-state index contributed by atoms with van der Waals surface area (Å²) in [4.78, 5) is 22.8. The average Bonchev–Trinajstić information content (AvgIpc) is 2.38. The molecule has 0 spiro atoms.